The first kappa shape index (κ1) is 21.3. The van der Waals surface area contributed by atoms with Gasteiger partial charge >= 0.3 is 5.97 Å². The van der Waals surface area contributed by atoms with E-state index in [9.17, 15) is 4.79 Å². The number of methoxy groups -OCH3 is 1. The summed E-state index contributed by atoms with van der Waals surface area (Å²) < 4.78 is 10.8. The number of carbonyl (C=O) groups is 1. The summed E-state index contributed by atoms with van der Waals surface area (Å²) in [4.78, 5) is 22.1. The lowest BCUT2D eigenvalue weighted by molar-refractivity contribution is 0.0600. The predicted octanol–water partition coefficient (Wildman–Crippen LogP) is 5.01. The predicted molar refractivity (Wildman–Crippen MR) is 119 cm³/mol. The van der Waals surface area contributed by atoms with Crippen molar-refractivity contribution in [3.05, 3.63) is 65.3 Å². The van der Waals surface area contributed by atoms with Crippen LogP contribution in [0.15, 0.2) is 64.5 Å². The number of rotatable bonds is 8. The smallest absolute Gasteiger partial charge is 0.337 e. The first-order valence-corrected chi connectivity index (χ1v) is 10.4. The van der Waals surface area contributed by atoms with Crippen molar-refractivity contribution in [1.29, 1.82) is 0 Å². The molecule has 3 rings (SSSR count). The third-order valence-electron chi connectivity index (χ3n) is 3.63. The molecule has 0 unspecified atom stereocenters. The topological polar surface area (TPSA) is 88.2 Å². The molecular weight excluding hydrogens is 430 g/mol. The standard InChI is InChI=1S/C19H18ClN5O2S2/c1-21-29-16-6-4-3-5-15(16)23-17-14(20)11-22-19(24-17)25-28-13-9-7-12(8-10-13)18(26)27-2/h3-11,21H,1-2H3,(H2,22,23,24,25). The number of hydrogen-bond acceptors (Lipinski definition) is 9. The van der Waals surface area contributed by atoms with E-state index in [1.54, 1.807) is 12.1 Å². The molecule has 0 aliphatic heterocycles. The zero-order valence-electron chi connectivity index (χ0n) is 15.6. The zero-order valence-corrected chi connectivity index (χ0v) is 18.0. The number of hydrogen-bond donors (Lipinski definition) is 3. The van der Waals surface area contributed by atoms with Crippen LogP contribution in [0.3, 0.4) is 0 Å². The van der Waals surface area contributed by atoms with Gasteiger partial charge in [0.2, 0.25) is 5.95 Å². The summed E-state index contributed by atoms with van der Waals surface area (Å²) in [6, 6.07) is 14.8. The molecule has 0 saturated heterocycles. The van der Waals surface area contributed by atoms with Crippen LogP contribution in [0.4, 0.5) is 17.5 Å². The molecule has 7 nitrogen and oxygen atoms in total. The molecule has 0 saturated carbocycles. The number of anilines is 3. The van der Waals surface area contributed by atoms with E-state index in [1.165, 1.54) is 37.2 Å². The molecule has 0 spiro atoms. The van der Waals surface area contributed by atoms with E-state index in [0.29, 0.717) is 22.4 Å². The van der Waals surface area contributed by atoms with Crippen LogP contribution in [0.2, 0.25) is 5.02 Å². The highest BCUT2D eigenvalue weighted by atomic mass is 35.5. The van der Waals surface area contributed by atoms with Gasteiger partial charge in [-0.05, 0) is 67.3 Å². The van der Waals surface area contributed by atoms with Gasteiger partial charge in [-0.1, -0.05) is 23.7 Å². The average Bonchev–Trinajstić information content (AvgIpc) is 2.75. The van der Waals surface area contributed by atoms with Gasteiger partial charge in [0.15, 0.2) is 5.82 Å². The Morgan fingerprint density at radius 3 is 2.59 bits per heavy atom. The Kier molecular flexibility index (Phi) is 7.59. The highest BCUT2D eigenvalue weighted by Gasteiger charge is 2.10. The first-order chi connectivity index (χ1) is 14.1. The molecule has 0 fully saturated rings. The lowest BCUT2D eigenvalue weighted by atomic mass is 10.2. The van der Waals surface area contributed by atoms with E-state index < -0.39 is 0 Å². The minimum atomic E-state index is -0.372. The highest BCUT2D eigenvalue weighted by Crippen LogP contribution is 2.30. The van der Waals surface area contributed by atoms with E-state index in [-0.39, 0.29) is 5.97 Å². The number of ether oxygens (including phenoxy) is 1. The van der Waals surface area contributed by atoms with Crippen LogP contribution >= 0.6 is 35.5 Å². The maximum absolute atomic E-state index is 11.5. The fourth-order valence-corrected chi connectivity index (χ4v) is 3.60. The van der Waals surface area contributed by atoms with Crippen molar-refractivity contribution in [1.82, 2.24) is 14.7 Å². The Labute approximate surface area is 182 Å². The van der Waals surface area contributed by atoms with Crippen LogP contribution in [0.25, 0.3) is 0 Å². The summed E-state index contributed by atoms with van der Waals surface area (Å²) in [7, 11) is 3.21. The molecule has 3 N–H and O–H groups in total. The fourth-order valence-electron chi connectivity index (χ4n) is 2.28. The summed E-state index contributed by atoms with van der Waals surface area (Å²) in [6.07, 6.45) is 1.54. The summed E-state index contributed by atoms with van der Waals surface area (Å²) in [6.45, 7) is 0. The molecule has 0 atom stereocenters. The lowest BCUT2D eigenvalue weighted by Gasteiger charge is -2.12. The van der Waals surface area contributed by atoms with Crippen molar-refractivity contribution in [3.63, 3.8) is 0 Å². The third kappa shape index (κ3) is 5.77. The van der Waals surface area contributed by atoms with Gasteiger partial charge < -0.3 is 10.1 Å². The fraction of sp³-hybridized carbons (Fsp3) is 0.105. The molecule has 0 bridgehead atoms. The van der Waals surface area contributed by atoms with Gasteiger partial charge in [-0.15, -0.1) is 0 Å². The van der Waals surface area contributed by atoms with Gasteiger partial charge in [0.25, 0.3) is 0 Å². The molecule has 2 aromatic carbocycles. The zero-order chi connectivity index (χ0) is 20.6. The number of nitrogens with one attached hydrogen (secondary N) is 3. The Balaban J connectivity index is 1.70. The van der Waals surface area contributed by atoms with Crippen LogP contribution in [-0.2, 0) is 4.74 Å². The second-order valence-corrected chi connectivity index (χ2v) is 7.88. The lowest BCUT2D eigenvalue weighted by Crippen LogP contribution is -2.02. The number of nitrogens with zero attached hydrogens (tertiary/aromatic N) is 2. The number of benzene rings is 2. The summed E-state index contributed by atoms with van der Waals surface area (Å²) >= 11 is 9.08. The van der Waals surface area contributed by atoms with Gasteiger partial charge in [-0.3, -0.25) is 9.44 Å². The van der Waals surface area contributed by atoms with Crippen LogP contribution in [-0.4, -0.2) is 30.1 Å². The van der Waals surface area contributed by atoms with Crippen molar-refractivity contribution in [3.8, 4) is 0 Å². The van der Waals surface area contributed by atoms with Gasteiger partial charge in [0.05, 0.1) is 24.6 Å². The molecule has 10 heteroatoms. The van der Waals surface area contributed by atoms with Crippen molar-refractivity contribution < 1.29 is 9.53 Å². The summed E-state index contributed by atoms with van der Waals surface area (Å²) in [5.74, 6) is 0.524. The minimum absolute atomic E-state index is 0.372. The van der Waals surface area contributed by atoms with E-state index >= 15 is 0 Å². The van der Waals surface area contributed by atoms with E-state index in [2.05, 4.69) is 24.7 Å². The highest BCUT2D eigenvalue weighted by molar-refractivity contribution is 8.00. The third-order valence-corrected chi connectivity index (χ3v) is 5.48. The molecule has 1 aromatic heterocycles. The Hall–Kier alpha value is -2.46. The monoisotopic (exact) mass is 447 g/mol. The van der Waals surface area contributed by atoms with Crippen LogP contribution in [0.5, 0.6) is 0 Å². The molecule has 0 aliphatic carbocycles. The number of aromatic nitrogens is 2. The van der Waals surface area contributed by atoms with Gasteiger partial charge in [-0.2, -0.15) is 4.98 Å². The molecule has 3 aromatic rings. The Morgan fingerprint density at radius 1 is 1.10 bits per heavy atom. The molecule has 0 radical (unpaired) electrons. The van der Waals surface area contributed by atoms with Gasteiger partial charge in [-0.25, -0.2) is 9.78 Å². The van der Waals surface area contributed by atoms with E-state index in [1.807, 2.05) is 43.4 Å². The van der Waals surface area contributed by atoms with E-state index in [4.69, 9.17) is 16.3 Å². The largest absolute Gasteiger partial charge is 0.465 e. The Morgan fingerprint density at radius 2 is 1.86 bits per heavy atom. The number of para-hydroxylation sites is 1. The van der Waals surface area contributed by atoms with Crippen molar-refractivity contribution in [2.24, 2.45) is 0 Å². The molecule has 0 amide bonds. The second-order valence-electron chi connectivity index (χ2n) is 5.54. The number of carbonyl (C=O) groups excluding carboxylic acids is 1. The summed E-state index contributed by atoms with van der Waals surface area (Å²) in [5.41, 5.74) is 1.37. The molecule has 29 heavy (non-hydrogen) atoms. The van der Waals surface area contributed by atoms with Gasteiger partial charge in [0.1, 0.15) is 5.02 Å². The van der Waals surface area contributed by atoms with Crippen LogP contribution < -0.4 is 14.8 Å². The number of halogens is 1. The van der Waals surface area contributed by atoms with Crippen LogP contribution in [0, 0.1) is 0 Å². The molecular formula is C19H18ClN5O2S2. The first-order valence-electron chi connectivity index (χ1n) is 8.44. The molecule has 0 aliphatic rings. The normalized spacial score (nSPS) is 10.4. The SMILES string of the molecule is CNSc1ccccc1Nc1nc(NSc2ccc(C(=O)OC)cc2)ncc1Cl. The Bertz CT molecular complexity index is 989. The maximum atomic E-state index is 11.5. The number of esters is 1. The van der Waals surface area contributed by atoms with Crippen LogP contribution in [0.1, 0.15) is 10.4 Å². The minimum Gasteiger partial charge on any atom is -0.465 e. The van der Waals surface area contributed by atoms with Gasteiger partial charge in [0, 0.05) is 9.79 Å². The average molecular weight is 448 g/mol. The second kappa shape index (κ2) is 10.4. The van der Waals surface area contributed by atoms with E-state index in [0.717, 1.165) is 15.5 Å². The van der Waals surface area contributed by atoms with Crippen molar-refractivity contribution >= 4 is 58.9 Å². The molecule has 150 valence electrons. The van der Waals surface area contributed by atoms with Crippen molar-refractivity contribution in [2.75, 3.05) is 24.2 Å². The maximum Gasteiger partial charge on any atom is 0.337 e. The molecule has 1 heterocycles. The quantitative estimate of drug-likeness (QED) is 0.326. The summed E-state index contributed by atoms with van der Waals surface area (Å²) in [5, 5.41) is 3.66. The van der Waals surface area contributed by atoms with Crippen molar-refractivity contribution in [2.45, 2.75) is 9.79 Å².